The highest BCUT2D eigenvalue weighted by Crippen LogP contribution is 1.88. The molecule has 0 bridgehead atoms. The van der Waals surface area contributed by atoms with Crippen LogP contribution in [0, 0.1) is 13.8 Å². The van der Waals surface area contributed by atoms with Crippen molar-refractivity contribution in [2.75, 3.05) is 6.93 Å². The van der Waals surface area contributed by atoms with Crippen LogP contribution in [0.4, 0.5) is 13.5 Å². The van der Waals surface area contributed by atoms with E-state index in [9.17, 15) is 8.78 Å². The maximum Gasteiger partial charge on any atom is 0.229 e. The lowest BCUT2D eigenvalue weighted by atomic mass is 10.4. The summed E-state index contributed by atoms with van der Waals surface area (Å²) in [6.45, 7) is 2.08. The third-order valence-electron chi connectivity index (χ3n) is 0.915. The number of aryl methyl sites for hydroxylation is 2. The third-order valence-corrected chi connectivity index (χ3v) is 0.915. The van der Waals surface area contributed by atoms with Crippen LogP contribution in [-0.4, -0.2) is 16.9 Å². The largest absolute Gasteiger partial charge is 0.269 e. The van der Waals surface area contributed by atoms with Crippen LogP contribution < -0.4 is 0 Å². The molecule has 0 saturated carbocycles. The van der Waals surface area contributed by atoms with Crippen molar-refractivity contribution in [3.63, 3.8) is 0 Å². The lowest BCUT2D eigenvalue weighted by Crippen LogP contribution is -1.86. The number of hydrogen-bond acceptors (Lipinski definition) is 2. The molecule has 0 spiro atoms. The van der Waals surface area contributed by atoms with Crippen LogP contribution in [0.15, 0.2) is 12.3 Å². The SMILES string of the molecule is Cc1ccnc(C)n1.F.FCF. The molecule has 0 aliphatic heterocycles. The van der Waals surface area contributed by atoms with Gasteiger partial charge in [0.1, 0.15) is 5.82 Å². The number of hydrogen-bond donors (Lipinski definition) is 0. The molecule has 1 rings (SSSR count). The molecule has 0 amide bonds. The Balaban J connectivity index is 0. The van der Waals surface area contributed by atoms with Gasteiger partial charge in [-0.25, -0.2) is 18.7 Å². The molecule has 0 aliphatic carbocycles. The van der Waals surface area contributed by atoms with Crippen LogP contribution in [-0.2, 0) is 0 Å². The van der Waals surface area contributed by atoms with Crippen molar-refractivity contribution in [3.8, 4) is 0 Å². The Hall–Kier alpha value is -1.13. The zero-order chi connectivity index (χ0) is 8.69. The summed E-state index contributed by atoms with van der Waals surface area (Å²) in [5.74, 6) is 0.838. The van der Waals surface area contributed by atoms with E-state index in [1.54, 1.807) is 6.20 Å². The average Bonchev–Trinajstić information content (AvgIpc) is 1.88. The molecule has 0 fully saturated rings. The zero-order valence-corrected chi connectivity index (χ0v) is 6.92. The highest BCUT2D eigenvalue weighted by Gasteiger charge is 1.83. The van der Waals surface area contributed by atoms with E-state index in [1.807, 2.05) is 19.9 Å². The quantitative estimate of drug-likeness (QED) is 0.611. The van der Waals surface area contributed by atoms with Crippen molar-refractivity contribution in [2.45, 2.75) is 13.8 Å². The average molecular weight is 180 g/mol. The fraction of sp³-hybridized carbons (Fsp3) is 0.429. The molecule has 0 N–H and O–H groups in total. The van der Waals surface area contributed by atoms with Crippen molar-refractivity contribution in [3.05, 3.63) is 23.8 Å². The number of alkyl halides is 2. The molecule has 0 aromatic carbocycles. The van der Waals surface area contributed by atoms with Crippen LogP contribution >= 0.6 is 0 Å². The molecule has 0 atom stereocenters. The van der Waals surface area contributed by atoms with Crippen molar-refractivity contribution in [1.82, 2.24) is 9.97 Å². The minimum Gasteiger partial charge on any atom is -0.269 e. The van der Waals surface area contributed by atoms with Gasteiger partial charge in [0, 0.05) is 11.9 Å². The van der Waals surface area contributed by atoms with E-state index in [0.717, 1.165) is 11.5 Å². The summed E-state index contributed by atoms with van der Waals surface area (Å²) in [7, 11) is 0. The minimum absolute atomic E-state index is 0. The molecule has 12 heavy (non-hydrogen) atoms. The van der Waals surface area contributed by atoms with Crippen LogP contribution in [0.5, 0.6) is 0 Å². The Morgan fingerprint density at radius 3 is 2.08 bits per heavy atom. The van der Waals surface area contributed by atoms with Gasteiger partial charge in [0.15, 0.2) is 0 Å². The Labute approximate surface area is 69.0 Å². The predicted octanol–water partition coefficient (Wildman–Crippen LogP) is 2.13. The summed E-state index contributed by atoms with van der Waals surface area (Å²) >= 11 is 0. The zero-order valence-electron chi connectivity index (χ0n) is 6.92. The second-order valence-electron chi connectivity index (χ2n) is 1.85. The molecule has 70 valence electrons. The van der Waals surface area contributed by atoms with Gasteiger partial charge < -0.3 is 0 Å². The molecular weight excluding hydrogens is 169 g/mol. The highest BCUT2D eigenvalue weighted by molar-refractivity contribution is 4.97. The second kappa shape index (κ2) is 7.97. The summed E-state index contributed by atoms with van der Waals surface area (Å²) in [5, 5.41) is 0. The molecule has 0 aliphatic rings. The molecular formula is C7H11F3N2. The molecule has 5 heteroatoms. The Bertz CT molecular complexity index is 188. The molecule has 1 aromatic rings. The van der Waals surface area contributed by atoms with E-state index >= 15 is 0 Å². The van der Waals surface area contributed by atoms with Gasteiger partial charge in [0.05, 0.1) is 0 Å². The fourth-order valence-electron chi connectivity index (χ4n) is 0.574. The Morgan fingerprint density at radius 2 is 1.83 bits per heavy atom. The summed E-state index contributed by atoms with van der Waals surface area (Å²) in [6, 6.07) is 1.88. The van der Waals surface area contributed by atoms with Gasteiger partial charge in [-0.2, -0.15) is 0 Å². The lowest BCUT2D eigenvalue weighted by Gasteiger charge is -1.89. The van der Waals surface area contributed by atoms with Gasteiger partial charge >= 0.3 is 0 Å². The molecule has 1 heterocycles. The lowest BCUT2D eigenvalue weighted by molar-refractivity contribution is 0.295. The van der Waals surface area contributed by atoms with Gasteiger partial charge in [-0.3, -0.25) is 4.70 Å². The van der Waals surface area contributed by atoms with Crippen molar-refractivity contribution in [2.24, 2.45) is 0 Å². The van der Waals surface area contributed by atoms with Crippen LogP contribution in [0.3, 0.4) is 0 Å². The van der Waals surface area contributed by atoms with E-state index in [2.05, 4.69) is 9.97 Å². The highest BCUT2D eigenvalue weighted by atomic mass is 19.3. The molecule has 1 aromatic heterocycles. The predicted molar refractivity (Wildman–Crippen MR) is 41.1 cm³/mol. The molecule has 0 unspecified atom stereocenters. The van der Waals surface area contributed by atoms with Gasteiger partial charge in [-0.05, 0) is 19.9 Å². The summed E-state index contributed by atoms with van der Waals surface area (Å²) in [6.07, 6.45) is 1.76. The first-order valence-corrected chi connectivity index (χ1v) is 3.09. The number of nitrogens with zero attached hydrogens (tertiary/aromatic N) is 2. The number of halogens is 3. The van der Waals surface area contributed by atoms with Crippen LogP contribution in [0.25, 0.3) is 0 Å². The van der Waals surface area contributed by atoms with Crippen molar-refractivity contribution < 1.29 is 13.5 Å². The standard InChI is InChI=1S/C6H8N2.CH2F2.FH/c1-5-3-4-7-6(2)8-5;2-1-3;/h3-4H,1-2H3;1H2;1H. The smallest absolute Gasteiger partial charge is 0.229 e. The van der Waals surface area contributed by atoms with Crippen LogP contribution in [0.1, 0.15) is 11.5 Å². The summed E-state index contributed by atoms with van der Waals surface area (Å²) in [5.41, 5.74) is 1.03. The van der Waals surface area contributed by atoms with Gasteiger partial charge in [0.2, 0.25) is 6.93 Å². The van der Waals surface area contributed by atoms with E-state index in [1.165, 1.54) is 0 Å². The van der Waals surface area contributed by atoms with E-state index in [4.69, 9.17) is 0 Å². The molecule has 0 saturated heterocycles. The normalized spacial score (nSPS) is 7.67. The second-order valence-corrected chi connectivity index (χ2v) is 1.85. The maximum absolute atomic E-state index is 9.62. The fourth-order valence-corrected chi connectivity index (χ4v) is 0.574. The number of rotatable bonds is 0. The third kappa shape index (κ3) is 6.98. The monoisotopic (exact) mass is 180 g/mol. The van der Waals surface area contributed by atoms with Gasteiger partial charge in [0.25, 0.3) is 0 Å². The first kappa shape index (κ1) is 13.5. The van der Waals surface area contributed by atoms with E-state index in [0.29, 0.717) is 0 Å². The number of aromatic nitrogens is 2. The molecule has 2 nitrogen and oxygen atoms in total. The minimum atomic E-state index is -1.75. The summed E-state index contributed by atoms with van der Waals surface area (Å²) < 4.78 is 19.2. The van der Waals surface area contributed by atoms with Crippen molar-refractivity contribution >= 4 is 0 Å². The van der Waals surface area contributed by atoms with Gasteiger partial charge in [-0.1, -0.05) is 0 Å². The van der Waals surface area contributed by atoms with Crippen LogP contribution in [0.2, 0.25) is 0 Å². The summed E-state index contributed by atoms with van der Waals surface area (Å²) in [4.78, 5) is 7.99. The topological polar surface area (TPSA) is 25.8 Å². The van der Waals surface area contributed by atoms with Gasteiger partial charge in [-0.15, -0.1) is 0 Å². The first-order chi connectivity index (χ1) is 5.20. The van der Waals surface area contributed by atoms with Crippen molar-refractivity contribution in [1.29, 1.82) is 0 Å². The first-order valence-electron chi connectivity index (χ1n) is 3.09. The maximum atomic E-state index is 9.62. The molecule has 0 radical (unpaired) electrons. The van der Waals surface area contributed by atoms with E-state index in [-0.39, 0.29) is 4.70 Å². The Kier molecular flexibility index (Phi) is 8.94. The van der Waals surface area contributed by atoms with E-state index < -0.39 is 6.93 Å². The Morgan fingerprint density at radius 1 is 1.33 bits per heavy atom.